The molecule has 0 fully saturated rings. The summed E-state index contributed by atoms with van der Waals surface area (Å²) in [4.78, 5) is 0. The molecule has 0 spiro atoms. The van der Waals surface area contributed by atoms with Crippen LogP contribution in [0.4, 0.5) is 8.78 Å². The fourth-order valence-electron chi connectivity index (χ4n) is 2.43. The summed E-state index contributed by atoms with van der Waals surface area (Å²) in [5.74, 6) is -3.32. The highest BCUT2D eigenvalue weighted by molar-refractivity contribution is 4.86. The molecule has 0 rings (SSSR count). The summed E-state index contributed by atoms with van der Waals surface area (Å²) in [6.07, 6.45) is 0.583. The van der Waals surface area contributed by atoms with Crippen molar-refractivity contribution >= 4 is 0 Å². The van der Waals surface area contributed by atoms with E-state index in [0.29, 0.717) is 25.7 Å². The van der Waals surface area contributed by atoms with Crippen LogP contribution in [0.1, 0.15) is 80.1 Å². The van der Waals surface area contributed by atoms with Crippen molar-refractivity contribution in [1.82, 2.24) is 0 Å². The van der Waals surface area contributed by atoms with Crippen molar-refractivity contribution in [1.29, 1.82) is 0 Å². The minimum absolute atomic E-state index is 0.123. The van der Waals surface area contributed by atoms with E-state index in [1.54, 1.807) is 13.8 Å². The lowest BCUT2D eigenvalue weighted by Gasteiger charge is -2.31. The second-order valence-electron chi connectivity index (χ2n) is 8.77. The number of aliphatic hydroxyl groups is 4. The van der Waals surface area contributed by atoms with Crippen LogP contribution in [0.3, 0.4) is 0 Å². The minimum atomic E-state index is -3.20. The Morgan fingerprint density at radius 2 is 1.21 bits per heavy atom. The molecule has 0 aliphatic carbocycles. The van der Waals surface area contributed by atoms with E-state index in [-0.39, 0.29) is 12.3 Å². The van der Waals surface area contributed by atoms with Crippen LogP contribution in [0, 0.1) is 5.92 Å². The zero-order valence-corrected chi connectivity index (χ0v) is 15.9. The topological polar surface area (TPSA) is 80.9 Å². The number of hydrogen-bond acceptors (Lipinski definition) is 4. The van der Waals surface area contributed by atoms with Gasteiger partial charge in [0.25, 0.3) is 5.92 Å². The van der Waals surface area contributed by atoms with Crippen LogP contribution < -0.4 is 0 Å². The summed E-state index contributed by atoms with van der Waals surface area (Å²) in [7, 11) is 0. The van der Waals surface area contributed by atoms with Gasteiger partial charge in [0, 0.05) is 6.42 Å². The SMILES string of the molecule is CC(C)(O)CCC(CCC(O)C(C)(C)O)CCC(F)(F)C(C)(C)O. The number of aliphatic hydroxyl groups excluding tert-OH is 1. The van der Waals surface area contributed by atoms with Crippen LogP contribution in [-0.2, 0) is 0 Å². The second kappa shape index (κ2) is 8.39. The van der Waals surface area contributed by atoms with Gasteiger partial charge in [-0.1, -0.05) is 0 Å². The van der Waals surface area contributed by atoms with E-state index < -0.39 is 35.3 Å². The summed E-state index contributed by atoms with van der Waals surface area (Å²) < 4.78 is 27.9. The molecule has 2 atom stereocenters. The number of alkyl halides is 2. The lowest BCUT2D eigenvalue weighted by atomic mass is 9.84. The first-order chi connectivity index (χ1) is 10.5. The van der Waals surface area contributed by atoms with Crippen LogP contribution in [0.2, 0.25) is 0 Å². The van der Waals surface area contributed by atoms with Gasteiger partial charge in [0.15, 0.2) is 0 Å². The maximum Gasteiger partial charge on any atom is 0.275 e. The largest absolute Gasteiger partial charge is 0.390 e. The molecule has 0 saturated heterocycles. The van der Waals surface area contributed by atoms with Gasteiger partial charge >= 0.3 is 0 Å². The average Bonchev–Trinajstić information content (AvgIpc) is 2.33. The van der Waals surface area contributed by atoms with Crippen LogP contribution in [0.5, 0.6) is 0 Å². The zero-order chi connectivity index (χ0) is 19.4. The van der Waals surface area contributed by atoms with E-state index in [0.717, 1.165) is 13.8 Å². The maximum atomic E-state index is 14.0. The van der Waals surface area contributed by atoms with Crippen molar-refractivity contribution in [2.45, 2.75) is 109 Å². The summed E-state index contributed by atoms with van der Waals surface area (Å²) in [5, 5.41) is 39.1. The third kappa shape index (κ3) is 9.25. The Kier molecular flexibility index (Phi) is 8.28. The van der Waals surface area contributed by atoms with Gasteiger partial charge in [0.1, 0.15) is 5.60 Å². The normalized spacial score (nSPS) is 17.0. The van der Waals surface area contributed by atoms with Gasteiger partial charge in [0.05, 0.1) is 17.3 Å². The van der Waals surface area contributed by atoms with Crippen LogP contribution in [0.15, 0.2) is 0 Å². The Morgan fingerprint density at radius 1 is 0.750 bits per heavy atom. The van der Waals surface area contributed by atoms with Crippen molar-refractivity contribution in [3.8, 4) is 0 Å². The fourth-order valence-corrected chi connectivity index (χ4v) is 2.43. The van der Waals surface area contributed by atoms with E-state index in [1.807, 2.05) is 0 Å². The molecule has 0 aromatic carbocycles. The molecular formula is C18H36F2O4. The van der Waals surface area contributed by atoms with Gasteiger partial charge in [-0.25, -0.2) is 8.78 Å². The van der Waals surface area contributed by atoms with Gasteiger partial charge in [-0.05, 0) is 79.6 Å². The third-order valence-corrected chi connectivity index (χ3v) is 4.59. The Bertz CT molecular complexity index is 365. The molecule has 4 N–H and O–H groups in total. The molecule has 24 heavy (non-hydrogen) atoms. The van der Waals surface area contributed by atoms with E-state index in [4.69, 9.17) is 0 Å². The average molecular weight is 354 g/mol. The molecule has 0 saturated carbocycles. The van der Waals surface area contributed by atoms with E-state index in [2.05, 4.69) is 0 Å². The highest BCUT2D eigenvalue weighted by atomic mass is 19.3. The summed E-state index contributed by atoms with van der Waals surface area (Å²) in [6, 6.07) is 0. The first kappa shape index (κ1) is 23.7. The van der Waals surface area contributed by atoms with E-state index in [9.17, 15) is 29.2 Å². The molecule has 146 valence electrons. The molecule has 6 heteroatoms. The minimum Gasteiger partial charge on any atom is -0.390 e. The molecule has 0 aliphatic rings. The van der Waals surface area contributed by atoms with Gasteiger partial charge in [0.2, 0.25) is 0 Å². The number of hydrogen-bond donors (Lipinski definition) is 4. The highest BCUT2D eigenvalue weighted by Gasteiger charge is 2.45. The maximum absolute atomic E-state index is 14.0. The Hall–Kier alpha value is -0.300. The summed E-state index contributed by atoms with van der Waals surface area (Å²) in [6.45, 7) is 8.54. The lowest BCUT2D eigenvalue weighted by Crippen LogP contribution is -2.43. The first-order valence-electron chi connectivity index (χ1n) is 8.69. The Labute approximate surface area is 144 Å². The monoisotopic (exact) mass is 354 g/mol. The molecular weight excluding hydrogens is 318 g/mol. The standard InChI is InChI=1S/C18H36F2O4/c1-15(2,22)11-9-13(7-8-14(21)16(3,4)23)10-12-18(19,20)17(5,6)24/h13-14,21-24H,7-12H2,1-6H3. The molecule has 0 aliphatic heterocycles. The second-order valence-corrected chi connectivity index (χ2v) is 8.77. The first-order valence-corrected chi connectivity index (χ1v) is 8.69. The van der Waals surface area contributed by atoms with Gasteiger partial charge in [-0.15, -0.1) is 0 Å². The molecule has 0 aromatic rings. The molecule has 0 bridgehead atoms. The molecule has 0 aromatic heterocycles. The Balaban J connectivity index is 4.76. The lowest BCUT2D eigenvalue weighted by molar-refractivity contribution is -0.167. The highest BCUT2D eigenvalue weighted by Crippen LogP contribution is 2.36. The van der Waals surface area contributed by atoms with E-state index in [1.165, 1.54) is 13.8 Å². The quantitative estimate of drug-likeness (QED) is 0.459. The van der Waals surface area contributed by atoms with Crippen LogP contribution >= 0.6 is 0 Å². The molecule has 0 amide bonds. The fraction of sp³-hybridized carbons (Fsp3) is 1.00. The number of halogens is 2. The molecule has 0 radical (unpaired) electrons. The Morgan fingerprint density at radius 3 is 1.58 bits per heavy atom. The van der Waals surface area contributed by atoms with Crippen LogP contribution in [0.25, 0.3) is 0 Å². The van der Waals surface area contributed by atoms with Crippen molar-refractivity contribution in [3.05, 3.63) is 0 Å². The molecule has 2 unspecified atom stereocenters. The van der Waals surface area contributed by atoms with Gasteiger partial charge < -0.3 is 20.4 Å². The van der Waals surface area contributed by atoms with Crippen LogP contribution in [-0.4, -0.2) is 49.3 Å². The van der Waals surface area contributed by atoms with Crippen molar-refractivity contribution in [2.75, 3.05) is 0 Å². The number of rotatable bonds is 11. The smallest absolute Gasteiger partial charge is 0.275 e. The predicted octanol–water partition coefficient (Wildman–Crippen LogP) is 3.25. The summed E-state index contributed by atoms with van der Waals surface area (Å²) in [5.41, 5.74) is -4.20. The van der Waals surface area contributed by atoms with Crippen molar-refractivity contribution < 1.29 is 29.2 Å². The summed E-state index contributed by atoms with van der Waals surface area (Å²) >= 11 is 0. The van der Waals surface area contributed by atoms with Gasteiger partial charge in [-0.2, -0.15) is 0 Å². The van der Waals surface area contributed by atoms with Gasteiger partial charge in [-0.3, -0.25) is 0 Å². The third-order valence-electron chi connectivity index (χ3n) is 4.59. The zero-order valence-electron chi connectivity index (χ0n) is 15.9. The predicted molar refractivity (Wildman–Crippen MR) is 91.0 cm³/mol. The van der Waals surface area contributed by atoms with E-state index >= 15 is 0 Å². The van der Waals surface area contributed by atoms with Crippen molar-refractivity contribution in [3.63, 3.8) is 0 Å². The van der Waals surface area contributed by atoms with Crippen molar-refractivity contribution in [2.24, 2.45) is 5.92 Å². The molecule has 4 nitrogen and oxygen atoms in total. The molecule has 0 heterocycles.